The maximum atomic E-state index is 11.7. The molecule has 7 nitrogen and oxygen atoms in total. The number of rotatable bonds is 1. The van der Waals surface area contributed by atoms with Crippen molar-refractivity contribution in [3.05, 3.63) is 0 Å². The number of hydrogen-bond acceptors (Lipinski definition) is 4. The highest BCUT2D eigenvalue weighted by Gasteiger charge is 2.45. The monoisotopic (exact) mass is 244 g/mol. The number of likely N-dealkylation sites (N-methyl/N-ethyl adjacent to an activating group) is 1. The van der Waals surface area contributed by atoms with Gasteiger partial charge in [-0.25, -0.2) is 19.3 Å². The van der Waals surface area contributed by atoms with Crippen LogP contribution in [-0.4, -0.2) is 58.2 Å². The first-order chi connectivity index (χ1) is 7.63. The van der Waals surface area contributed by atoms with Crippen molar-refractivity contribution in [3.8, 4) is 0 Å². The van der Waals surface area contributed by atoms with Crippen LogP contribution < -0.4 is 0 Å². The molecule has 17 heavy (non-hydrogen) atoms. The summed E-state index contributed by atoms with van der Waals surface area (Å²) in [5, 5.41) is 8.94. The van der Waals surface area contributed by atoms with Crippen LogP contribution in [-0.2, 0) is 9.53 Å². The predicted octanol–water partition coefficient (Wildman–Crippen LogP) is 0.742. The number of carbonyl (C=O) groups excluding carboxylic acids is 2. The third kappa shape index (κ3) is 2.86. The number of nitrogens with zero attached hydrogens (tertiary/aromatic N) is 2. The fraction of sp³-hybridized carbons (Fsp3) is 0.700. The van der Waals surface area contributed by atoms with Crippen LogP contribution in [0.1, 0.15) is 20.8 Å². The Kier molecular flexibility index (Phi) is 3.30. The summed E-state index contributed by atoms with van der Waals surface area (Å²) in [4.78, 5) is 36.1. The lowest BCUT2D eigenvalue weighted by atomic mass is 10.2. The molecule has 1 saturated heterocycles. The molecule has 0 unspecified atom stereocenters. The van der Waals surface area contributed by atoms with Gasteiger partial charge in [0.1, 0.15) is 5.60 Å². The van der Waals surface area contributed by atoms with Gasteiger partial charge in [0.25, 0.3) is 0 Å². The average Bonchev–Trinajstić information content (AvgIpc) is 2.40. The molecule has 1 aliphatic rings. The van der Waals surface area contributed by atoms with Gasteiger partial charge in [0, 0.05) is 7.05 Å². The Bertz CT molecular complexity index is 360. The van der Waals surface area contributed by atoms with Crippen LogP contribution in [0.25, 0.3) is 0 Å². The number of carboxylic acids is 1. The summed E-state index contributed by atoms with van der Waals surface area (Å²) >= 11 is 0. The van der Waals surface area contributed by atoms with E-state index in [9.17, 15) is 14.4 Å². The molecule has 0 saturated carbocycles. The molecule has 1 fully saturated rings. The van der Waals surface area contributed by atoms with E-state index in [4.69, 9.17) is 9.84 Å². The highest BCUT2D eigenvalue weighted by atomic mass is 16.6. The van der Waals surface area contributed by atoms with Crippen molar-refractivity contribution in [2.24, 2.45) is 0 Å². The van der Waals surface area contributed by atoms with E-state index in [-0.39, 0.29) is 6.54 Å². The Morgan fingerprint density at radius 2 is 1.94 bits per heavy atom. The summed E-state index contributed by atoms with van der Waals surface area (Å²) in [5.74, 6) is -1.23. The third-order valence-electron chi connectivity index (χ3n) is 2.17. The van der Waals surface area contributed by atoms with Crippen LogP contribution >= 0.6 is 0 Å². The van der Waals surface area contributed by atoms with E-state index in [0.29, 0.717) is 4.90 Å². The Morgan fingerprint density at radius 3 is 2.35 bits per heavy atom. The second kappa shape index (κ2) is 4.23. The molecule has 7 heteroatoms. The molecular weight excluding hydrogens is 228 g/mol. The van der Waals surface area contributed by atoms with E-state index in [1.807, 2.05) is 0 Å². The fourth-order valence-corrected chi connectivity index (χ4v) is 1.44. The zero-order valence-electron chi connectivity index (χ0n) is 10.3. The number of imide groups is 1. The maximum Gasteiger partial charge on any atom is 0.419 e. The molecular formula is C10H16N2O5. The topological polar surface area (TPSA) is 87.2 Å². The lowest BCUT2D eigenvalue weighted by Gasteiger charge is -2.24. The van der Waals surface area contributed by atoms with E-state index in [1.165, 1.54) is 11.9 Å². The van der Waals surface area contributed by atoms with Gasteiger partial charge in [-0.1, -0.05) is 0 Å². The summed E-state index contributed by atoms with van der Waals surface area (Å²) < 4.78 is 5.00. The molecule has 0 spiro atoms. The molecule has 0 aromatic rings. The molecule has 1 aliphatic heterocycles. The Hall–Kier alpha value is -1.79. The van der Waals surface area contributed by atoms with Crippen molar-refractivity contribution in [3.63, 3.8) is 0 Å². The molecule has 1 rings (SSSR count). The van der Waals surface area contributed by atoms with Gasteiger partial charge in [0.2, 0.25) is 0 Å². The quantitative estimate of drug-likeness (QED) is 0.735. The summed E-state index contributed by atoms with van der Waals surface area (Å²) in [6.07, 6.45) is -0.931. The lowest BCUT2D eigenvalue weighted by molar-refractivity contribution is -0.141. The molecule has 0 bridgehead atoms. The molecule has 0 aromatic carbocycles. The van der Waals surface area contributed by atoms with E-state index in [2.05, 4.69) is 0 Å². The minimum absolute atomic E-state index is 0.0343. The predicted molar refractivity (Wildman–Crippen MR) is 57.5 cm³/mol. The highest BCUT2D eigenvalue weighted by Crippen LogP contribution is 2.19. The number of carbonyl (C=O) groups is 3. The first-order valence-corrected chi connectivity index (χ1v) is 5.13. The SMILES string of the molecule is CN1C[C@H](C(=O)O)N(C(=O)OC(C)(C)C)C1=O. The van der Waals surface area contributed by atoms with Gasteiger partial charge in [-0.3, -0.25) is 0 Å². The molecule has 0 aromatic heterocycles. The summed E-state index contributed by atoms with van der Waals surface area (Å²) in [5.41, 5.74) is -0.776. The summed E-state index contributed by atoms with van der Waals surface area (Å²) in [6.45, 7) is 4.90. The van der Waals surface area contributed by atoms with Crippen LogP contribution in [0.5, 0.6) is 0 Å². The minimum Gasteiger partial charge on any atom is -0.480 e. The number of urea groups is 1. The first kappa shape index (κ1) is 13.3. The number of hydrogen-bond donors (Lipinski definition) is 1. The van der Waals surface area contributed by atoms with E-state index >= 15 is 0 Å². The number of amides is 3. The second-order valence-electron chi connectivity index (χ2n) is 4.87. The van der Waals surface area contributed by atoms with Crippen molar-refractivity contribution in [1.82, 2.24) is 9.80 Å². The largest absolute Gasteiger partial charge is 0.480 e. The zero-order chi connectivity index (χ0) is 13.4. The molecule has 96 valence electrons. The fourth-order valence-electron chi connectivity index (χ4n) is 1.44. The summed E-state index contributed by atoms with van der Waals surface area (Å²) in [6, 6.07) is -1.85. The molecule has 1 atom stereocenters. The molecule has 3 amide bonds. The van der Waals surface area contributed by atoms with Crippen LogP contribution in [0.15, 0.2) is 0 Å². The highest BCUT2D eigenvalue weighted by molar-refractivity contribution is 5.98. The first-order valence-electron chi connectivity index (χ1n) is 5.13. The number of carboxylic acid groups (broad SMARTS) is 1. The molecule has 1 N–H and O–H groups in total. The number of ether oxygens (including phenoxy) is 1. The van der Waals surface area contributed by atoms with Crippen molar-refractivity contribution >= 4 is 18.1 Å². The van der Waals surface area contributed by atoms with Crippen molar-refractivity contribution in [2.75, 3.05) is 13.6 Å². The van der Waals surface area contributed by atoms with E-state index < -0.39 is 29.7 Å². The van der Waals surface area contributed by atoms with Gasteiger partial charge in [-0.2, -0.15) is 0 Å². The summed E-state index contributed by atoms with van der Waals surface area (Å²) in [7, 11) is 1.43. The van der Waals surface area contributed by atoms with Crippen LogP contribution in [0, 0.1) is 0 Å². The second-order valence-corrected chi connectivity index (χ2v) is 4.87. The Morgan fingerprint density at radius 1 is 1.41 bits per heavy atom. The van der Waals surface area contributed by atoms with Gasteiger partial charge in [0.15, 0.2) is 6.04 Å². The minimum atomic E-state index is -1.23. The maximum absolute atomic E-state index is 11.7. The smallest absolute Gasteiger partial charge is 0.419 e. The van der Waals surface area contributed by atoms with Crippen molar-refractivity contribution < 1.29 is 24.2 Å². The molecule has 0 aliphatic carbocycles. The van der Waals surface area contributed by atoms with Crippen LogP contribution in [0.3, 0.4) is 0 Å². The molecule has 1 heterocycles. The van der Waals surface area contributed by atoms with Gasteiger partial charge >= 0.3 is 18.1 Å². The third-order valence-corrected chi connectivity index (χ3v) is 2.17. The van der Waals surface area contributed by atoms with Crippen LogP contribution in [0.2, 0.25) is 0 Å². The Balaban J connectivity index is 2.89. The van der Waals surface area contributed by atoms with Gasteiger partial charge in [-0.05, 0) is 20.8 Å². The normalized spacial score (nSPS) is 20.7. The standard InChI is InChI=1S/C10H16N2O5/c1-10(2,3)17-9(16)12-6(7(13)14)5-11(4)8(12)15/h6H,5H2,1-4H3,(H,13,14)/t6-/m1/s1. The van der Waals surface area contributed by atoms with E-state index in [1.54, 1.807) is 20.8 Å². The lowest BCUT2D eigenvalue weighted by Crippen LogP contribution is -2.46. The van der Waals surface area contributed by atoms with Gasteiger partial charge < -0.3 is 14.7 Å². The van der Waals surface area contributed by atoms with Gasteiger partial charge in [0.05, 0.1) is 6.54 Å². The van der Waals surface area contributed by atoms with Crippen molar-refractivity contribution in [1.29, 1.82) is 0 Å². The van der Waals surface area contributed by atoms with Crippen molar-refractivity contribution in [2.45, 2.75) is 32.4 Å². The van der Waals surface area contributed by atoms with E-state index in [0.717, 1.165) is 0 Å². The number of aliphatic carboxylic acids is 1. The Labute approximate surface area is 98.9 Å². The zero-order valence-corrected chi connectivity index (χ0v) is 10.3. The van der Waals surface area contributed by atoms with Crippen LogP contribution in [0.4, 0.5) is 9.59 Å². The average molecular weight is 244 g/mol. The van der Waals surface area contributed by atoms with Gasteiger partial charge in [-0.15, -0.1) is 0 Å². The molecule has 0 radical (unpaired) electrons.